The highest BCUT2D eigenvalue weighted by Gasteiger charge is 2.32. The molecule has 3 nitrogen and oxygen atoms in total. The lowest BCUT2D eigenvalue weighted by Crippen LogP contribution is -2.45. The van der Waals surface area contributed by atoms with Crippen LogP contribution in [0, 0.1) is 31.4 Å². The fourth-order valence-corrected chi connectivity index (χ4v) is 4.68. The summed E-state index contributed by atoms with van der Waals surface area (Å²) in [6, 6.07) is 19.9. The molecule has 1 N–H and O–H groups in total. The number of nitrogens with zero attached hydrogens (tertiary/aromatic N) is 1. The van der Waals surface area contributed by atoms with Gasteiger partial charge in [-0.1, -0.05) is 54.1 Å². The van der Waals surface area contributed by atoms with Crippen LogP contribution in [-0.2, 0) is 17.9 Å². The van der Waals surface area contributed by atoms with Gasteiger partial charge in [0, 0.05) is 26.2 Å². The number of amides is 1. The summed E-state index contributed by atoms with van der Waals surface area (Å²) < 4.78 is 27.2. The summed E-state index contributed by atoms with van der Waals surface area (Å²) in [5, 5.41) is 3.11. The van der Waals surface area contributed by atoms with E-state index in [1.165, 1.54) is 18.2 Å². The first-order chi connectivity index (χ1) is 15.9. The molecule has 0 aromatic heterocycles. The molecule has 1 aliphatic rings. The molecule has 4 rings (SSSR count). The highest BCUT2D eigenvalue weighted by Crippen LogP contribution is 2.32. The highest BCUT2D eigenvalue weighted by molar-refractivity contribution is 5.79. The van der Waals surface area contributed by atoms with Crippen LogP contribution in [0.1, 0.15) is 40.2 Å². The first kappa shape index (κ1) is 23.1. The third-order valence-electron chi connectivity index (χ3n) is 6.42. The van der Waals surface area contributed by atoms with E-state index in [0.29, 0.717) is 31.6 Å². The maximum Gasteiger partial charge on any atom is 0.224 e. The van der Waals surface area contributed by atoms with Crippen LogP contribution in [0.5, 0.6) is 0 Å². The molecule has 0 aliphatic carbocycles. The van der Waals surface area contributed by atoms with Gasteiger partial charge in [0.15, 0.2) is 0 Å². The zero-order valence-electron chi connectivity index (χ0n) is 19.2. The van der Waals surface area contributed by atoms with Gasteiger partial charge < -0.3 is 5.32 Å². The second kappa shape index (κ2) is 10.3. The van der Waals surface area contributed by atoms with E-state index in [9.17, 15) is 13.6 Å². The van der Waals surface area contributed by atoms with Gasteiger partial charge in [0.2, 0.25) is 5.91 Å². The van der Waals surface area contributed by atoms with Crippen LogP contribution < -0.4 is 5.32 Å². The number of hydrogen-bond donors (Lipinski definition) is 1. The standard InChI is InChI=1S/C28H30F2N2O/c1-19-4-3-5-22(12-19)15-31-28(33)25-14-24(23-8-11-27(30)20(2)13-23)17-32(18-25)16-21-6-9-26(29)10-7-21/h3-13,24-25H,14-18H2,1-2H3,(H,31,33). The molecule has 0 radical (unpaired) electrons. The smallest absolute Gasteiger partial charge is 0.224 e. The summed E-state index contributed by atoms with van der Waals surface area (Å²) in [6.45, 7) is 6.34. The first-order valence-corrected chi connectivity index (χ1v) is 11.4. The van der Waals surface area contributed by atoms with E-state index in [0.717, 1.165) is 28.8 Å². The Bertz CT molecular complexity index is 1110. The van der Waals surface area contributed by atoms with E-state index in [1.807, 2.05) is 37.3 Å². The summed E-state index contributed by atoms with van der Waals surface area (Å²) >= 11 is 0. The Morgan fingerprint density at radius 3 is 2.48 bits per heavy atom. The van der Waals surface area contributed by atoms with Crippen molar-refractivity contribution < 1.29 is 13.6 Å². The van der Waals surface area contributed by atoms with Crippen molar-refractivity contribution >= 4 is 5.91 Å². The Kier molecular flexibility index (Phi) is 7.19. The van der Waals surface area contributed by atoms with E-state index in [1.54, 1.807) is 19.1 Å². The Morgan fingerprint density at radius 2 is 1.76 bits per heavy atom. The molecule has 1 aliphatic heterocycles. The van der Waals surface area contributed by atoms with Crippen LogP contribution in [0.4, 0.5) is 8.78 Å². The molecule has 2 atom stereocenters. The lowest BCUT2D eigenvalue weighted by atomic mass is 9.83. The van der Waals surface area contributed by atoms with Crippen molar-refractivity contribution in [1.82, 2.24) is 10.2 Å². The Balaban J connectivity index is 1.50. The number of likely N-dealkylation sites (tertiary alicyclic amines) is 1. The molecule has 0 spiro atoms. The summed E-state index contributed by atoms with van der Waals surface area (Å²) in [5.74, 6) is -0.507. The van der Waals surface area contributed by atoms with Crippen molar-refractivity contribution in [3.8, 4) is 0 Å². The minimum Gasteiger partial charge on any atom is -0.352 e. The van der Waals surface area contributed by atoms with Gasteiger partial charge >= 0.3 is 0 Å². The summed E-state index contributed by atoms with van der Waals surface area (Å²) in [5.41, 5.74) is 4.91. The maximum atomic E-state index is 13.9. The number of rotatable bonds is 6. The largest absolute Gasteiger partial charge is 0.352 e. The quantitative estimate of drug-likeness (QED) is 0.540. The predicted molar refractivity (Wildman–Crippen MR) is 127 cm³/mol. The number of hydrogen-bond acceptors (Lipinski definition) is 2. The molecule has 3 aromatic carbocycles. The van der Waals surface area contributed by atoms with Gasteiger partial charge in [0.1, 0.15) is 11.6 Å². The molecule has 5 heteroatoms. The first-order valence-electron chi connectivity index (χ1n) is 11.4. The van der Waals surface area contributed by atoms with E-state index in [4.69, 9.17) is 0 Å². The highest BCUT2D eigenvalue weighted by atomic mass is 19.1. The molecular formula is C28H30F2N2O. The summed E-state index contributed by atoms with van der Waals surface area (Å²) in [7, 11) is 0. The fraction of sp³-hybridized carbons (Fsp3) is 0.321. The van der Waals surface area contributed by atoms with Crippen molar-refractivity contribution in [2.45, 2.75) is 39.3 Å². The Morgan fingerprint density at radius 1 is 0.970 bits per heavy atom. The van der Waals surface area contributed by atoms with Crippen molar-refractivity contribution in [2.24, 2.45) is 5.92 Å². The zero-order chi connectivity index (χ0) is 23.4. The minimum absolute atomic E-state index is 0.0316. The minimum atomic E-state index is -0.259. The van der Waals surface area contributed by atoms with E-state index >= 15 is 0 Å². The third-order valence-corrected chi connectivity index (χ3v) is 6.42. The molecule has 0 bridgehead atoms. The Labute approximate surface area is 194 Å². The molecule has 0 saturated carbocycles. The molecule has 172 valence electrons. The molecule has 1 amide bonds. The lowest BCUT2D eigenvalue weighted by molar-refractivity contribution is -0.127. The number of piperidine rings is 1. The van der Waals surface area contributed by atoms with Crippen molar-refractivity contribution in [3.63, 3.8) is 0 Å². The molecule has 1 saturated heterocycles. The van der Waals surface area contributed by atoms with Crippen LogP contribution in [-0.4, -0.2) is 23.9 Å². The van der Waals surface area contributed by atoms with Gasteiger partial charge in [-0.15, -0.1) is 0 Å². The van der Waals surface area contributed by atoms with Crippen molar-refractivity contribution in [1.29, 1.82) is 0 Å². The van der Waals surface area contributed by atoms with E-state index in [2.05, 4.69) is 16.3 Å². The zero-order valence-corrected chi connectivity index (χ0v) is 19.2. The van der Waals surface area contributed by atoms with Gasteiger partial charge in [-0.3, -0.25) is 9.69 Å². The summed E-state index contributed by atoms with van der Waals surface area (Å²) in [4.78, 5) is 15.4. The normalized spacial score (nSPS) is 18.8. The number of carbonyl (C=O) groups excluding carboxylic acids is 1. The van der Waals surface area contributed by atoms with Crippen LogP contribution in [0.2, 0.25) is 0 Å². The summed E-state index contributed by atoms with van der Waals surface area (Å²) in [6.07, 6.45) is 0.713. The van der Waals surface area contributed by atoms with Crippen molar-refractivity contribution in [2.75, 3.05) is 13.1 Å². The third kappa shape index (κ3) is 6.05. The van der Waals surface area contributed by atoms with Crippen LogP contribution >= 0.6 is 0 Å². The SMILES string of the molecule is Cc1cccc(CNC(=O)C2CC(c3ccc(F)c(C)c3)CN(Cc3ccc(F)cc3)C2)c1. The van der Waals surface area contributed by atoms with Crippen LogP contribution in [0.15, 0.2) is 66.7 Å². The predicted octanol–water partition coefficient (Wildman–Crippen LogP) is 5.50. The van der Waals surface area contributed by atoms with Crippen molar-refractivity contribution in [3.05, 3.63) is 106 Å². The molecule has 33 heavy (non-hydrogen) atoms. The maximum absolute atomic E-state index is 13.9. The average Bonchev–Trinajstić information content (AvgIpc) is 2.80. The van der Waals surface area contributed by atoms with E-state index in [-0.39, 0.29) is 29.4 Å². The van der Waals surface area contributed by atoms with Gasteiger partial charge in [0.25, 0.3) is 0 Å². The second-order valence-corrected chi connectivity index (χ2v) is 9.17. The number of aryl methyl sites for hydroxylation is 2. The Hall–Kier alpha value is -3.05. The van der Waals surface area contributed by atoms with Crippen LogP contribution in [0.3, 0.4) is 0 Å². The lowest BCUT2D eigenvalue weighted by Gasteiger charge is -2.37. The van der Waals surface area contributed by atoms with Crippen LogP contribution in [0.25, 0.3) is 0 Å². The van der Waals surface area contributed by atoms with Gasteiger partial charge in [-0.05, 0) is 66.6 Å². The topological polar surface area (TPSA) is 32.3 Å². The molecule has 1 heterocycles. The molecule has 1 fully saturated rings. The second-order valence-electron chi connectivity index (χ2n) is 9.17. The van der Waals surface area contributed by atoms with Gasteiger partial charge in [0.05, 0.1) is 5.92 Å². The number of carbonyl (C=O) groups is 1. The number of halogens is 2. The molecule has 3 aromatic rings. The number of benzene rings is 3. The average molecular weight is 449 g/mol. The number of nitrogens with one attached hydrogen (secondary N) is 1. The van der Waals surface area contributed by atoms with Gasteiger partial charge in [-0.2, -0.15) is 0 Å². The fourth-order valence-electron chi connectivity index (χ4n) is 4.68. The molecule has 2 unspecified atom stereocenters. The molecular weight excluding hydrogens is 418 g/mol. The monoisotopic (exact) mass is 448 g/mol. The van der Waals surface area contributed by atoms with E-state index < -0.39 is 0 Å². The van der Waals surface area contributed by atoms with Gasteiger partial charge in [-0.25, -0.2) is 8.78 Å².